The Balaban J connectivity index is 2.41. The monoisotopic (exact) mass is 207 g/mol. The Morgan fingerprint density at radius 3 is 2.53 bits per heavy atom. The molecule has 0 saturated heterocycles. The predicted octanol–water partition coefficient (Wildman–Crippen LogP) is -0.623. The molecule has 0 fully saturated rings. The molecule has 6 heteroatoms. The van der Waals surface area contributed by atoms with Crippen LogP contribution in [0.15, 0.2) is 34.0 Å². The molecule has 2 heterocycles. The van der Waals surface area contributed by atoms with E-state index < -0.39 is 17.3 Å². The minimum absolute atomic E-state index is 0.430. The van der Waals surface area contributed by atoms with Crippen molar-refractivity contribution in [2.45, 2.75) is 0 Å². The molecular formula is C9H9N3O3. The van der Waals surface area contributed by atoms with Gasteiger partial charge in [0.25, 0.3) is 5.56 Å². The molecule has 0 spiro atoms. The van der Waals surface area contributed by atoms with Crippen LogP contribution in [0.3, 0.4) is 0 Å². The minimum atomic E-state index is -0.709. The Bertz CT molecular complexity index is 490. The van der Waals surface area contributed by atoms with Crippen molar-refractivity contribution in [3.05, 3.63) is 45.3 Å². The molecule has 2 rings (SSSR count). The first-order valence-corrected chi connectivity index (χ1v) is 4.45. The van der Waals surface area contributed by atoms with Crippen molar-refractivity contribution in [2.75, 3.05) is 13.1 Å². The lowest BCUT2D eigenvalue weighted by Gasteiger charge is -2.14. The molecular weight excluding hydrogens is 198 g/mol. The summed E-state index contributed by atoms with van der Waals surface area (Å²) >= 11 is 0. The van der Waals surface area contributed by atoms with Gasteiger partial charge in [0.15, 0.2) is 0 Å². The zero-order chi connectivity index (χ0) is 10.8. The molecule has 1 aromatic rings. The Kier molecular flexibility index (Phi) is 2.24. The van der Waals surface area contributed by atoms with Crippen LogP contribution in [0.4, 0.5) is 4.79 Å². The van der Waals surface area contributed by atoms with E-state index in [2.05, 4.69) is 4.98 Å². The zero-order valence-electron chi connectivity index (χ0n) is 7.84. The Hall–Kier alpha value is -2.11. The summed E-state index contributed by atoms with van der Waals surface area (Å²) in [5.74, 6) is 0. The summed E-state index contributed by atoms with van der Waals surface area (Å²) in [7, 11) is 0. The molecule has 1 N–H and O–H groups in total. The summed E-state index contributed by atoms with van der Waals surface area (Å²) in [5.41, 5.74) is -1.32. The van der Waals surface area contributed by atoms with Crippen LogP contribution in [0.1, 0.15) is 0 Å². The first-order valence-electron chi connectivity index (χ1n) is 4.45. The van der Waals surface area contributed by atoms with E-state index in [-0.39, 0.29) is 0 Å². The number of carbonyl (C=O) groups is 1. The van der Waals surface area contributed by atoms with E-state index in [4.69, 9.17) is 0 Å². The molecule has 1 aromatic heterocycles. The van der Waals surface area contributed by atoms with Gasteiger partial charge in [-0.25, -0.2) is 9.59 Å². The highest BCUT2D eigenvalue weighted by Crippen LogP contribution is 1.99. The second-order valence-electron chi connectivity index (χ2n) is 3.12. The van der Waals surface area contributed by atoms with Gasteiger partial charge in [0.1, 0.15) is 0 Å². The lowest BCUT2D eigenvalue weighted by Crippen LogP contribution is -2.45. The number of H-pyrrole nitrogens is 1. The summed E-state index contributed by atoms with van der Waals surface area (Å²) in [6.45, 7) is 0.860. The van der Waals surface area contributed by atoms with Gasteiger partial charge in [0.05, 0.1) is 0 Å². The first-order chi connectivity index (χ1) is 7.20. The summed E-state index contributed by atoms with van der Waals surface area (Å²) in [4.78, 5) is 38.0. The van der Waals surface area contributed by atoms with Crippen LogP contribution >= 0.6 is 0 Å². The fraction of sp³-hybridized carbons (Fsp3) is 0.222. The summed E-state index contributed by atoms with van der Waals surface area (Å²) in [6.07, 6.45) is 4.83. The summed E-state index contributed by atoms with van der Waals surface area (Å²) in [5, 5.41) is 0. The lowest BCUT2D eigenvalue weighted by atomic mass is 10.6. The molecule has 0 aliphatic carbocycles. The van der Waals surface area contributed by atoms with Crippen molar-refractivity contribution in [2.24, 2.45) is 0 Å². The van der Waals surface area contributed by atoms with Crippen molar-refractivity contribution in [3.63, 3.8) is 0 Å². The van der Waals surface area contributed by atoms with Crippen molar-refractivity contribution >= 4 is 6.03 Å². The van der Waals surface area contributed by atoms with Gasteiger partial charge in [0, 0.05) is 25.4 Å². The van der Waals surface area contributed by atoms with E-state index in [1.807, 2.05) is 0 Å². The number of rotatable bonds is 0. The maximum Gasteiger partial charge on any atom is 0.336 e. The molecule has 78 valence electrons. The van der Waals surface area contributed by atoms with Gasteiger partial charge in [-0.05, 0) is 0 Å². The third-order valence-electron chi connectivity index (χ3n) is 2.14. The van der Waals surface area contributed by atoms with Gasteiger partial charge >= 0.3 is 11.7 Å². The van der Waals surface area contributed by atoms with Crippen LogP contribution < -0.4 is 11.2 Å². The lowest BCUT2D eigenvalue weighted by molar-refractivity contribution is 0.210. The molecule has 0 atom stereocenters. The van der Waals surface area contributed by atoms with E-state index >= 15 is 0 Å². The molecule has 6 nitrogen and oxygen atoms in total. The molecule has 1 aliphatic heterocycles. The Labute approximate surface area is 84.5 Å². The molecule has 0 saturated carbocycles. The molecule has 1 aliphatic rings. The highest BCUT2D eigenvalue weighted by Gasteiger charge is 2.18. The molecule has 0 bridgehead atoms. The van der Waals surface area contributed by atoms with Crippen molar-refractivity contribution in [1.29, 1.82) is 0 Å². The fourth-order valence-electron chi connectivity index (χ4n) is 1.38. The van der Waals surface area contributed by atoms with Gasteiger partial charge in [-0.15, -0.1) is 0 Å². The van der Waals surface area contributed by atoms with Gasteiger partial charge in [0.2, 0.25) is 0 Å². The molecule has 0 radical (unpaired) electrons. The zero-order valence-corrected chi connectivity index (χ0v) is 7.84. The number of carbonyl (C=O) groups excluding carboxylic acids is 1. The van der Waals surface area contributed by atoms with Crippen LogP contribution in [0.2, 0.25) is 0 Å². The SMILES string of the molecule is O=C(N1CC=CC1)n1c(=O)cc[nH]c1=O. The largest absolute Gasteiger partial charge is 0.336 e. The number of nitrogens with one attached hydrogen (secondary N) is 1. The standard InChI is InChI=1S/C9H9N3O3/c13-7-3-4-10-8(14)12(7)9(15)11-5-1-2-6-11/h1-4H,5-6H2,(H,10,14). The van der Waals surface area contributed by atoms with Gasteiger partial charge < -0.3 is 9.88 Å². The molecule has 0 aromatic carbocycles. The number of aromatic nitrogens is 2. The highest BCUT2D eigenvalue weighted by molar-refractivity contribution is 5.77. The van der Waals surface area contributed by atoms with Crippen molar-refractivity contribution < 1.29 is 4.79 Å². The number of amides is 1. The van der Waals surface area contributed by atoms with E-state index in [0.29, 0.717) is 17.7 Å². The van der Waals surface area contributed by atoms with Crippen LogP contribution in [-0.2, 0) is 0 Å². The van der Waals surface area contributed by atoms with E-state index in [1.165, 1.54) is 11.1 Å². The second-order valence-corrected chi connectivity index (χ2v) is 3.12. The number of aromatic amines is 1. The maximum absolute atomic E-state index is 11.7. The minimum Gasteiger partial charge on any atom is -0.316 e. The fourth-order valence-corrected chi connectivity index (χ4v) is 1.38. The molecule has 1 amide bonds. The highest BCUT2D eigenvalue weighted by atomic mass is 16.2. The van der Waals surface area contributed by atoms with Crippen molar-refractivity contribution in [1.82, 2.24) is 14.5 Å². The van der Waals surface area contributed by atoms with Crippen LogP contribution in [0, 0.1) is 0 Å². The van der Waals surface area contributed by atoms with Gasteiger partial charge in [-0.1, -0.05) is 12.2 Å². The summed E-state index contributed by atoms with van der Waals surface area (Å²) in [6, 6.07) is 0.551. The molecule has 15 heavy (non-hydrogen) atoms. The third kappa shape index (κ3) is 1.61. The third-order valence-corrected chi connectivity index (χ3v) is 2.14. The van der Waals surface area contributed by atoms with Crippen molar-refractivity contribution in [3.8, 4) is 0 Å². The van der Waals surface area contributed by atoms with Gasteiger partial charge in [-0.3, -0.25) is 4.79 Å². The quantitative estimate of drug-likeness (QED) is 0.576. The summed E-state index contributed by atoms with van der Waals surface area (Å²) < 4.78 is 0.590. The van der Waals surface area contributed by atoms with E-state index in [1.54, 1.807) is 12.2 Å². The van der Waals surface area contributed by atoms with Gasteiger partial charge in [-0.2, -0.15) is 4.57 Å². The smallest absolute Gasteiger partial charge is 0.316 e. The normalized spacial score (nSPS) is 14.5. The van der Waals surface area contributed by atoms with Crippen LogP contribution in [-0.4, -0.2) is 33.6 Å². The number of hydrogen-bond donors (Lipinski definition) is 1. The first kappa shape index (κ1) is 9.45. The number of hydrogen-bond acceptors (Lipinski definition) is 3. The Morgan fingerprint density at radius 1 is 1.27 bits per heavy atom. The maximum atomic E-state index is 11.7. The van der Waals surface area contributed by atoms with E-state index in [0.717, 1.165) is 6.07 Å². The Morgan fingerprint density at radius 2 is 1.93 bits per heavy atom. The number of nitrogens with zero attached hydrogens (tertiary/aromatic N) is 2. The second kappa shape index (κ2) is 3.56. The van der Waals surface area contributed by atoms with E-state index in [9.17, 15) is 14.4 Å². The van der Waals surface area contributed by atoms with Crippen LogP contribution in [0.5, 0.6) is 0 Å². The topological polar surface area (TPSA) is 75.2 Å². The average molecular weight is 207 g/mol. The predicted molar refractivity (Wildman–Crippen MR) is 52.8 cm³/mol. The van der Waals surface area contributed by atoms with Crippen LogP contribution in [0.25, 0.3) is 0 Å². The average Bonchev–Trinajstić information content (AvgIpc) is 2.69. The molecule has 0 unspecified atom stereocenters.